The molecule has 5 heteroatoms. The van der Waals surface area contributed by atoms with E-state index in [1.54, 1.807) is 12.1 Å². The zero-order valence-corrected chi connectivity index (χ0v) is 14.8. The number of ether oxygens (including phenoxy) is 1. The van der Waals surface area contributed by atoms with Gasteiger partial charge in [-0.1, -0.05) is 31.4 Å². The van der Waals surface area contributed by atoms with Crippen LogP contribution in [0, 0.1) is 0 Å². The number of carbonyl (C=O) groups is 1. The fraction of sp³-hybridized carbons (Fsp3) is 0.632. The second-order valence-corrected chi connectivity index (χ2v) is 7.69. The third-order valence-electron chi connectivity index (χ3n) is 4.51. The number of rotatable bonds is 4. The molecule has 3 N–H and O–H groups in total. The third kappa shape index (κ3) is 5.13. The van der Waals surface area contributed by atoms with Crippen LogP contribution in [-0.2, 0) is 4.74 Å². The molecular weight excluding hydrogens is 306 g/mol. The van der Waals surface area contributed by atoms with Crippen LogP contribution in [0.5, 0.6) is 5.75 Å². The lowest BCUT2D eigenvalue weighted by Crippen LogP contribution is -2.45. The molecule has 0 spiro atoms. The number of hydrogen-bond donors (Lipinski definition) is 3. The van der Waals surface area contributed by atoms with Gasteiger partial charge in [-0.25, -0.2) is 4.79 Å². The molecule has 24 heavy (non-hydrogen) atoms. The largest absolute Gasteiger partial charge is 0.508 e. The monoisotopic (exact) mass is 335 g/mol. The fourth-order valence-electron chi connectivity index (χ4n) is 3.34. The minimum absolute atomic E-state index is 0.188. The number of benzene rings is 1. The lowest BCUT2D eigenvalue weighted by atomic mass is 9.73. The summed E-state index contributed by atoms with van der Waals surface area (Å²) in [6.07, 6.45) is 4.05. The van der Waals surface area contributed by atoms with E-state index in [1.165, 1.54) is 0 Å². The first-order valence-corrected chi connectivity index (χ1v) is 8.68. The van der Waals surface area contributed by atoms with Gasteiger partial charge in [0.05, 0.1) is 5.60 Å². The maximum absolute atomic E-state index is 12.0. The van der Waals surface area contributed by atoms with Gasteiger partial charge in [-0.05, 0) is 51.3 Å². The molecule has 0 heterocycles. The SMILES string of the molecule is CC(C)(C)OC(=O)NCC(c1ccc(O)cc1)C1(O)CCCCC1. The predicted molar refractivity (Wildman–Crippen MR) is 93.1 cm³/mol. The van der Waals surface area contributed by atoms with Gasteiger partial charge < -0.3 is 20.3 Å². The number of aliphatic hydroxyl groups is 1. The van der Waals surface area contributed by atoms with Gasteiger partial charge in [-0.3, -0.25) is 0 Å². The van der Waals surface area contributed by atoms with Gasteiger partial charge in [0.15, 0.2) is 0 Å². The van der Waals surface area contributed by atoms with Crippen molar-refractivity contribution >= 4 is 6.09 Å². The van der Waals surface area contributed by atoms with Crippen LogP contribution < -0.4 is 5.32 Å². The summed E-state index contributed by atoms with van der Waals surface area (Å²) in [7, 11) is 0. The highest BCUT2D eigenvalue weighted by atomic mass is 16.6. The molecule has 0 saturated heterocycles. The third-order valence-corrected chi connectivity index (χ3v) is 4.51. The maximum Gasteiger partial charge on any atom is 0.407 e. The molecule has 1 amide bonds. The molecule has 1 aromatic rings. The topological polar surface area (TPSA) is 78.8 Å². The van der Waals surface area contributed by atoms with Gasteiger partial charge in [-0.15, -0.1) is 0 Å². The molecule has 1 fully saturated rings. The van der Waals surface area contributed by atoms with E-state index in [-0.39, 0.29) is 11.7 Å². The van der Waals surface area contributed by atoms with Crippen molar-refractivity contribution in [3.8, 4) is 5.75 Å². The molecule has 1 saturated carbocycles. The molecule has 1 unspecified atom stereocenters. The molecule has 2 rings (SSSR count). The number of amides is 1. The molecule has 0 radical (unpaired) electrons. The second kappa shape index (κ2) is 7.43. The standard InChI is InChI=1S/C19H29NO4/c1-18(2,3)24-17(22)20-13-16(14-7-9-15(21)10-8-14)19(23)11-5-4-6-12-19/h7-10,16,21,23H,4-6,11-13H2,1-3H3,(H,20,22). The quantitative estimate of drug-likeness (QED) is 0.784. The summed E-state index contributed by atoms with van der Waals surface area (Å²) in [6.45, 7) is 5.76. The Hall–Kier alpha value is -1.75. The first-order valence-electron chi connectivity index (χ1n) is 8.68. The van der Waals surface area contributed by atoms with Crippen LogP contribution in [0.25, 0.3) is 0 Å². The number of nitrogens with one attached hydrogen (secondary N) is 1. The van der Waals surface area contributed by atoms with E-state index in [0.29, 0.717) is 19.4 Å². The summed E-state index contributed by atoms with van der Waals surface area (Å²) >= 11 is 0. The minimum atomic E-state index is -0.843. The number of hydrogen-bond acceptors (Lipinski definition) is 4. The molecular formula is C19H29NO4. The number of aromatic hydroxyl groups is 1. The van der Waals surface area contributed by atoms with Crippen LogP contribution >= 0.6 is 0 Å². The number of carbonyl (C=O) groups excluding carboxylic acids is 1. The van der Waals surface area contributed by atoms with E-state index in [1.807, 2.05) is 32.9 Å². The molecule has 1 aliphatic carbocycles. The van der Waals surface area contributed by atoms with Crippen molar-refractivity contribution < 1.29 is 19.7 Å². The van der Waals surface area contributed by atoms with E-state index in [0.717, 1.165) is 24.8 Å². The van der Waals surface area contributed by atoms with Crippen LogP contribution in [-0.4, -0.2) is 34.1 Å². The molecule has 0 aliphatic heterocycles. The summed E-state index contributed by atoms with van der Waals surface area (Å²) in [5.41, 5.74) is -0.488. The van der Waals surface area contributed by atoms with E-state index in [4.69, 9.17) is 4.74 Å². The van der Waals surface area contributed by atoms with Crippen molar-refractivity contribution in [3.63, 3.8) is 0 Å². The van der Waals surface area contributed by atoms with Gasteiger partial charge in [0, 0.05) is 12.5 Å². The Morgan fingerprint density at radius 2 is 1.79 bits per heavy atom. The predicted octanol–water partition coefficient (Wildman–Crippen LogP) is 3.70. The molecule has 134 valence electrons. The Morgan fingerprint density at radius 3 is 2.33 bits per heavy atom. The summed E-state index contributed by atoms with van der Waals surface area (Å²) < 4.78 is 5.29. The zero-order chi connectivity index (χ0) is 17.8. The second-order valence-electron chi connectivity index (χ2n) is 7.69. The van der Waals surface area contributed by atoms with Crippen molar-refractivity contribution in [1.29, 1.82) is 0 Å². The number of phenols is 1. The first kappa shape index (κ1) is 18.6. The molecule has 5 nitrogen and oxygen atoms in total. The van der Waals surface area contributed by atoms with E-state index >= 15 is 0 Å². The minimum Gasteiger partial charge on any atom is -0.508 e. The maximum atomic E-state index is 12.0. The zero-order valence-electron chi connectivity index (χ0n) is 14.8. The summed E-state index contributed by atoms with van der Waals surface area (Å²) in [5, 5.41) is 23.4. The van der Waals surface area contributed by atoms with E-state index in [2.05, 4.69) is 5.32 Å². The highest BCUT2D eigenvalue weighted by Gasteiger charge is 2.39. The summed E-state index contributed by atoms with van der Waals surface area (Å²) in [5.74, 6) is -0.0425. The first-order chi connectivity index (χ1) is 11.2. The van der Waals surface area contributed by atoms with E-state index < -0.39 is 17.3 Å². The smallest absolute Gasteiger partial charge is 0.407 e. The van der Waals surface area contributed by atoms with Crippen LogP contribution in [0.3, 0.4) is 0 Å². The highest BCUT2D eigenvalue weighted by Crippen LogP contribution is 2.40. The Balaban J connectivity index is 2.14. The van der Waals surface area contributed by atoms with Gasteiger partial charge >= 0.3 is 6.09 Å². The Bertz CT molecular complexity index is 541. The van der Waals surface area contributed by atoms with Crippen LogP contribution in [0.1, 0.15) is 64.4 Å². The Morgan fingerprint density at radius 1 is 1.21 bits per heavy atom. The average Bonchev–Trinajstić information content (AvgIpc) is 2.48. The van der Waals surface area contributed by atoms with Crippen molar-refractivity contribution in [2.75, 3.05) is 6.54 Å². The number of phenolic OH excluding ortho intramolecular Hbond substituents is 1. The van der Waals surface area contributed by atoms with Gasteiger partial charge in [0.2, 0.25) is 0 Å². The van der Waals surface area contributed by atoms with Crippen molar-refractivity contribution in [2.24, 2.45) is 0 Å². The molecule has 0 bridgehead atoms. The summed E-state index contributed by atoms with van der Waals surface area (Å²) in [6, 6.07) is 6.84. The fourth-order valence-corrected chi connectivity index (χ4v) is 3.34. The molecule has 1 aromatic carbocycles. The van der Waals surface area contributed by atoms with Gasteiger partial charge in [0.1, 0.15) is 11.4 Å². The molecule has 1 atom stereocenters. The lowest BCUT2D eigenvalue weighted by Gasteiger charge is -2.39. The molecule has 0 aromatic heterocycles. The van der Waals surface area contributed by atoms with Crippen LogP contribution in [0.2, 0.25) is 0 Å². The number of alkyl carbamates (subject to hydrolysis) is 1. The molecule has 1 aliphatic rings. The average molecular weight is 335 g/mol. The van der Waals surface area contributed by atoms with Crippen molar-refractivity contribution in [3.05, 3.63) is 29.8 Å². The summed E-state index contributed by atoms with van der Waals surface area (Å²) in [4.78, 5) is 12.0. The highest BCUT2D eigenvalue weighted by molar-refractivity contribution is 5.67. The van der Waals surface area contributed by atoms with E-state index in [9.17, 15) is 15.0 Å². The van der Waals surface area contributed by atoms with Gasteiger partial charge in [-0.2, -0.15) is 0 Å². The van der Waals surface area contributed by atoms with Crippen LogP contribution in [0.15, 0.2) is 24.3 Å². The normalized spacial score (nSPS) is 18.7. The lowest BCUT2D eigenvalue weighted by molar-refractivity contribution is -0.0222. The van der Waals surface area contributed by atoms with Gasteiger partial charge in [0.25, 0.3) is 0 Å². The van der Waals surface area contributed by atoms with Crippen molar-refractivity contribution in [2.45, 2.75) is 70.0 Å². The Labute approximate surface area is 144 Å². The van der Waals surface area contributed by atoms with Crippen molar-refractivity contribution in [1.82, 2.24) is 5.32 Å². The Kier molecular flexibility index (Phi) is 5.75. The van der Waals surface area contributed by atoms with Crippen LogP contribution in [0.4, 0.5) is 4.79 Å².